The van der Waals surface area contributed by atoms with Crippen molar-refractivity contribution >= 4 is 66.1 Å². The maximum atomic E-state index is 12.8. The van der Waals surface area contributed by atoms with Crippen LogP contribution < -0.4 is 5.32 Å². The number of halogens is 1. The molecule has 1 atom stereocenters. The first-order valence-electron chi connectivity index (χ1n) is 7.86. The Labute approximate surface area is 163 Å². The van der Waals surface area contributed by atoms with Gasteiger partial charge in [0.1, 0.15) is 15.8 Å². The molecule has 0 aliphatic carbocycles. The molecular formula is C16H14ClN3O3S3. The number of carbonyl (C=O) groups excluding carboxylic acids is 1. The summed E-state index contributed by atoms with van der Waals surface area (Å²) in [6, 6.07) is 5.92. The average molecular weight is 428 g/mol. The van der Waals surface area contributed by atoms with Gasteiger partial charge in [-0.2, -0.15) is 4.31 Å². The van der Waals surface area contributed by atoms with E-state index in [0.717, 1.165) is 16.0 Å². The molecule has 4 rings (SSSR count). The molecule has 6 nitrogen and oxygen atoms in total. The van der Waals surface area contributed by atoms with Crippen LogP contribution in [0.2, 0.25) is 5.02 Å². The third-order valence-electron chi connectivity index (χ3n) is 4.26. The Bertz CT molecular complexity index is 1060. The minimum atomic E-state index is -3.66. The lowest BCUT2D eigenvalue weighted by molar-refractivity contribution is -0.119. The van der Waals surface area contributed by atoms with Crippen LogP contribution in [0.4, 0.5) is 5.69 Å². The van der Waals surface area contributed by atoms with Gasteiger partial charge in [-0.15, -0.1) is 22.7 Å². The molecule has 0 saturated carbocycles. The first kappa shape index (κ1) is 17.9. The highest BCUT2D eigenvalue weighted by molar-refractivity contribution is 7.91. The first-order valence-corrected chi connectivity index (χ1v) is 11.4. The maximum absolute atomic E-state index is 12.8. The number of carbonyl (C=O) groups is 1. The monoisotopic (exact) mass is 427 g/mol. The number of nitrogens with zero attached hydrogens (tertiary/aromatic N) is 2. The Hall–Kier alpha value is -1.52. The van der Waals surface area contributed by atoms with Crippen molar-refractivity contribution in [2.45, 2.75) is 23.1 Å². The summed E-state index contributed by atoms with van der Waals surface area (Å²) >= 11 is 8.65. The van der Waals surface area contributed by atoms with E-state index in [1.165, 1.54) is 15.6 Å². The van der Waals surface area contributed by atoms with Crippen molar-refractivity contribution in [1.82, 2.24) is 9.29 Å². The zero-order chi connectivity index (χ0) is 18.3. The van der Waals surface area contributed by atoms with Gasteiger partial charge in [-0.3, -0.25) is 4.79 Å². The zero-order valence-corrected chi connectivity index (χ0v) is 16.6. The van der Waals surface area contributed by atoms with E-state index < -0.39 is 16.1 Å². The lowest BCUT2D eigenvalue weighted by Gasteiger charge is -2.22. The molecule has 3 aromatic rings. The molecule has 1 aliphatic rings. The number of thiophene rings is 1. The fourth-order valence-corrected chi connectivity index (χ4v) is 6.87. The predicted octanol–water partition coefficient (Wildman–Crippen LogP) is 3.80. The van der Waals surface area contributed by atoms with E-state index in [9.17, 15) is 13.2 Å². The molecular weight excluding hydrogens is 414 g/mol. The Balaban J connectivity index is 1.61. The summed E-state index contributed by atoms with van der Waals surface area (Å²) in [6.45, 7) is 0.342. The van der Waals surface area contributed by atoms with Crippen molar-refractivity contribution in [2.24, 2.45) is 0 Å². The number of thiazole rings is 1. The minimum absolute atomic E-state index is 0.258. The summed E-state index contributed by atoms with van der Waals surface area (Å²) in [7, 11) is -3.66. The molecule has 1 aromatic carbocycles. The SMILES string of the molecule is O=C(Nc1ccc(Cl)c2ncsc12)[C@H]1CCCN1S(=O)(=O)c1cccs1. The van der Waals surface area contributed by atoms with E-state index in [-0.39, 0.29) is 10.1 Å². The number of benzene rings is 1. The van der Waals surface area contributed by atoms with E-state index in [4.69, 9.17) is 11.6 Å². The van der Waals surface area contributed by atoms with Gasteiger partial charge >= 0.3 is 0 Å². The number of anilines is 1. The summed E-state index contributed by atoms with van der Waals surface area (Å²) in [5.41, 5.74) is 2.89. The van der Waals surface area contributed by atoms with Crippen LogP contribution >= 0.6 is 34.3 Å². The van der Waals surface area contributed by atoms with Crippen molar-refractivity contribution in [3.63, 3.8) is 0 Å². The van der Waals surface area contributed by atoms with Crippen molar-refractivity contribution < 1.29 is 13.2 Å². The quantitative estimate of drug-likeness (QED) is 0.686. The summed E-state index contributed by atoms with van der Waals surface area (Å²) in [5, 5.41) is 5.09. The standard InChI is InChI=1S/C16H14ClN3O3S3/c17-10-5-6-11(15-14(10)18-9-25-15)19-16(21)12-3-1-7-20(12)26(22,23)13-4-2-8-24-13/h2,4-6,8-9,12H,1,3,7H2,(H,19,21)/t12-/m1/s1. The molecule has 1 N–H and O–H groups in total. The Morgan fingerprint density at radius 1 is 1.31 bits per heavy atom. The smallest absolute Gasteiger partial charge is 0.253 e. The van der Waals surface area contributed by atoms with Gasteiger partial charge in [0.2, 0.25) is 5.91 Å². The fraction of sp³-hybridized carbons (Fsp3) is 0.250. The van der Waals surface area contributed by atoms with Crippen LogP contribution in [0.25, 0.3) is 10.2 Å². The van der Waals surface area contributed by atoms with Crippen LogP contribution in [0.1, 0.15) is 12.8 Å². The van der Waals surface area contributed by atoms with Gasteiger partial charge in [0.15, 0.2) is 0 Å². The van der Waals surface area contributed by atoms with Crippen LogP contribution in [0.3, 0.4) is 0 Å². The van der Waals surface area contributed by atoms with Crippen LogP contribution in [-0.4, -0.2) is 36.2 Å². The topological polar surface area (TPSA) is 79.4 Å². The molecule has 1 amide bonds. The summed E-state index contributed by atoms with van der Waals surface area (Å²) in [4.78, 5) is 17.0. The molecule has 0 spiro atoms. The number of aromatic nitrogens is 1. The van der Waals surface area contributed by atoms with Gasteiger partial charge in [-0.1, -0.05) is 17.7 Å². The van der Waals surface area contributed by atoms with Crippen LogP contribution in [0.5, 0.6) is 0 Å². The number of hydrogen-bond donors (Lipinski definition) is 1. The van der Waals surface area contributed by atoms with Gasteiger partial charge in [0.25, 0.3) is 10.0 Å². The van der Waals surface area contributed by atoms with Crippen LogP contribution in [-0.2, 0) is 14.8 Å². The van der Waals surface area contributed by atoms with Gasteiger partial charge in [0.05, 0.1) is 20.9 Å². The summed E-state index contributed by atoms with van der Waals surface area (Å²) < 4.78 is 28.0. The predicted molar refractivity (Wildman–Crippen MR) is 104 cm³/mol. The van der Waals surface area contributed by atoms with Crippen LogP contribution in [0, 0.1) is 0 Å². The molecule has 1 saturated heterocycles. The second-order valence-corrected chi connectivity index (χ2v) is 10.1. The average Bonchev–Trinajstić information content (AvgIpc) is 3.37. The molecule has 0 bridgehead atoms. The van der Waals surface area contributed by atoms with Crippen molar-refractivity contribution in [3.05, 3.63) is 40.2 Å². The Morgan fingerprint density at radius 2 is 2.15 bits per heavy atom. The molecule has 2 aromatic heterocycles. The van der Waals surface area contributed by atoms with E-state index in [1.807, 2.05) is 0 Å². The highest BCUT2D eigenvalue weighted by Crippen LogP contribution is 2.33. The highest BCUT2D eigenvalue weighted by Gasteiger charge is 2.40. The normalized spacial score (nSPS) is 18.4. The number of amides is 1. The number of fused-ring (bicyclic) bond motifs is 1. The van der Waals surface area contributed by atoms with Gasteiger partial charge < -0.3 is 5.32 Å². The zero-order valence-electron chi connectivity index (χ0n) is 13.4. The fourth-order valence-electron chi connectivity index (χ4n) is 3.05. The molecule has 136 valence electrons. The van der Waals surface area contributed by atoms with Gasteiger partial charge in [-0.05, 0) is 36.4 Å². The molecule has 1 fully saturated rings. The lowest BCUT2D eigenvalue weighted by Crippen LogP contribution is -2.42. The summed E-state index contributed by atoms with van der Waals surface area (Å²) in [5.74, 6) is -0.334. The van der Waals surface area contributed by atoms with Gasteiger partial charge in [0, 0.05) is 6.54 Å². The summed E-state index contributed by atoms with van der Waals surface area (Å²) in [6.07, 6.45) is 1.15. The Morgan fingerprint density at radius 3 is 2.92 bits per heavy atom. The van der Waals surface area contributed by atoms with E-state index in [1.54, 1.807) is 35.2 Å². The van der Waals surface area contributed by atoms with Crippen LogP contribution in [0.15, 0.2) is 39.4 Å². The van der Waals surface area contributed by atoms with E-state index in [0.29, 0.717) is 35.6 Å². The number of sulfonamides is 1. The molecule has 3 heterocycles. The van der Waals surface area contributed by atoms with Crippen molar-refractivity contribution in [2.75, 3.05) is 11.9 Å². The minimum Gasteiger partial charge on any atom is -0.323 e. The second-order valence-electron chi connectivity index (χ2n) is 5.82. The molecule has 26 heavy (non-hydrogen) atoms. The van der Waals surface area contributed by atoms with Crippen molar-refractivity contribution in [3.8, 4) is 0 Å². The third-order valence-corrected chi connectivity index (χ3v) is 8.70. The third kappa shape index (κ3) is 3.03. The Kier molecular flexibility index (Phi) is 4.74. The van der Waals surface area contributed by atoms with E-state index >= 15 is 0 Å². The number of rotatable bonds is 4. The first-order chi connectivity index (χ1) is 12.5. The number of hydrogen-bond acceptors (Lipinski definition) is 6. The molecule has 0 radical (unpaired) electrons. The van der Waals surface area contributed by atoms with E-state index in [2.05, 4.69) is 10.3 Å². The largest absolute Gasteiger partial charge is 0.323 e. The van der Waals surface area contributed by atoms with Gasteiger partial charge in [-0.25, -0.2) is 13.4 Å². The highest BCUT2D eigenvalue weighted by atomic mass is 35.5. The molecule has 1 aliphatic heterocycles. The van der Waals surface area contributed by atoms with Crippen molar-refractivity contribution in [1.29, 1.82) is 0 Å². The second kappa shape index (κ2) is 6.90. The lowest BCUT2D eigenvalue weighted by atomic mass is 10.2. The maximum Gasteiger partial charge on any atom is 0.253 e. The molecule has 10 heteroatoms. The molecule has 0 unspecified atom stereocenters. The number of nitrogens with one attached hydrogen (secondary N) is 1.